The van der Waals surface area contributed by atoms with Gasteiger partial charge < -0.3 is 10.2 Å². The Morgan fingerprint density at radius 1 is 1.31 bits per heavy atom. The minimum absolute atomic E-state index is 0.0358. The van der Waals surface area contributed by atoms with Crippen molar-refractivity contribution in [1.29, 1.82) is 0 Å². The quantitative estimate of drug-likeness (QED) is 0.724. The zero-order valence-electron chi connectivity index (χ0n) is 10.5. The molecule has 0 aromatic carbocycles. The van der Waals surface area contributed by atoms with E-state index in [1.165, 1.54) is 18.9 Å². The van der Waals surface area contributed by atoms with E-state index in [0.717, 1.165) is 25.9 Å². The summed E-state index contributed by atoms with van der Waals surface area (Å²) in [5, 5.41) is 2.99. The minimum atomic E-state index is -0.0358. The van der Waals surface area contributed by atoms with E-state index in [2.05, 4.69) is 30.6 Å². The lowest BCUT2D eigenvalue weighted by Crippen LogP contribution is -2.43. The Morgan fingerprint density at radius 3 is 2.31 bits per heavy atom. The summed E-state index contributed by atoms with van der Waals surface area (Å²) in [6.07, 6.45) is 5.95. The Kier molecular flexibility index (Phi) is 5.53. The summed E-state index contributed by atoms with van der Waals surface area (Å²) >= 11 is 0. The number of nitrogens with one attached hydrogen (secondary N) is 1. The number of rotatable bonds is 5. The van der Waals surface area contributed by atoms with Crippen LogP contribution in [-0.2, 0) is 4.79 Å². The van der Waals surface area contributed by atoms with Crippen LogP contribution < -0.4 is 5.32 Å². The van der Waals surface area contributed by atoms with Crippen LogP contribution >= 0.6 is 0 Å². The van der Waals surface area contributed by atoms with E-state index in [9.17, 15) is 4.79 Å². The van der Waals surface area contributed by atoms with E-state index >= 15 is 0 Å². The maximum atomic E-state index is 11.2. The molecule has 0 aromatic heterocycles. The second-order valence-corrected chi connectivity index (χ2v) is 4.44. The fourth-order valence-corrected chi connectivity index (χ4v) is 2.59. The number of carbonyl (C=O) groups excluding carboxylic acids is 1. The molecule has 0 heterocycles. The third kappa shape index (κ3) is 3.63. The first-order valence-corrected chi connectivity index (χ1v) is 6.38. The van der Waals surface area contributed by atoms with Crippen LogP contribution in [0.25, 0.3) is 0 Å². The molecule has 0 aliphatic heterocycles. The molecule has 1 fully saturated rings. The number of amides is 1. The average molecular weight is 224 g/mol. The first-order chi connectivity index (χ1) is 7.71. The van der Waals surface area contributed by atoms with Gasteiger partial charge in [0.25, 0.3) is 0 Å². The second kappa shape index (κ2) is 6.69. The molecule has 0 radical (unpaired) electrons. The molecule has 0 bridgehead atoms. The topological polar surface area (TPSA) is 32.3 Å². The largest absolute Gasteiger partial charge is 0.350 e. The highest BCUT2D eigenvalue weighted by Gasteiger charge is 2.24. The molecule has 1 aliphatic rings. The van der Waals surface area contributed by atoms with Gasteiger partial charge in [0.15, 0.2) is 0 Å². The summed E-state index contributed by atoms with van der Waals surface area (Å²) in [6.45, 7) is 10.2. The predicted molar refractivity (Wildman–Crippen MR) is 67.3 cm³/mol. The van der Waals surface area contributed by atoms with Crippen LogP contribution in [0.1, 0.15) is 39.5 Å². The Hall–Kier alpha value is -0.830. The molecule has 0 atom stereocenters. The number of nitrogens with zero attached hydrogens (tertiary/aromatic N) is 1. The lowest BCUT2D eigenvalue weighted by Gasteiger charge is -2.35. The molecular weight excluding hydrogens is 200 g/mol. The summed E-state index contributed by atoms with van der Waals surface area (Å²) in [5.74, 6) is -0.0358. The summed E-state index contributed by atoms with van der Waals surface area (Å²) in [5.41, 5.74) is 0. The van der Waals surface area contributed by atoms with E-state index < -0.39 is 0 Å². The number of hydrogen-bond acceptors (Lipinski definition) is 2. The van der Waals surface area contributed by atoms with Crippen molar-refractivity contribution in [1.82, 2.24) is 10.2 Å². The summed E-state index contributed by atoms with van der Waals surface area (Å²) in [4.78, 5) is 13.7. The van der Waals surface area contributed by atoms with Gasteiger partial charge in [0, 0.05) is 12.1 Å². The molecule has 1 rings (SSSR count). The Balaban J connectivity index is 2.33. The molecule has 0 spiro atoms. The van der Waals surface area contributed by atoms with Gasteiger partial charge in [-0.2, -0.15) is 0 Å². The summed E-state index contributed by atoms with van der Waals surface area (Å²) in [6, 6.07) is 1.07. The predicted octanol–water partition coefficient (Wildman–Crippen LogP) is 1.94. The minimum Gasteiger partial charge on any atom is -0.350 e. The van der Waals surface area contributed by atoms with Crippen molar-refractivity contribution in [2.45, 2.75) is 51.6 Å². The van der Waals surface area contributed by atoms with E-state index in [-0.39, 0.29) is 5.91 Å². The van der Waals surface area contributed by atoms with Gasteiger partial charge in [-0.1, -0.05) is 20.4 Å². The third-order valence-electron chi connectivity index (χ3n) is 3.56. The second-order valence-electron chi connectivity index (χ2n) is 4.44. The van der Waals surface area contributed by atoms with Gasteiger partial charge in [0.05, 0.1) is 0 Å². The van der Waals surface area contributed by atoms with Gasteiger partial charge >= 0.3 is 0 Å². The lowest BCUT2D eigenvalue weighted by atomic mass is 9.90. The number of hydrogen-bond donors (Lipinski definition) is 1. The van der Waals surface area contributed by atoms with Crippen LogP contribution in [0.3, 0.4) is 0 Å². The highest BCUT2D eigenvalue weighted by atomic mass is 16.1. The van der Waals surface area contributed by atoms with Crippen LogP contribution in [0, 0.1) is 0 Å². The van der Waals surface area contributed by atoms with Gasteiger partial charge in [-0.25, -0.2) is 0 Å². The molecule has 3 nitrogen and oxygen atoms in total. The van der Waals surface area contributed by atoms with Gasteiger partial charge in [0.1, 0.15) is 0 Å². The zero-order chi connectivity index (χ0) is 12.0. The fraction of sp³-hybridized carbons (Fsp3) is 0.769. The van der Waals surface area contributed by atoms with E-state index in [1.54, 1.807) is 0 Å². The van der Waals surface area contributed by atoms with Crippen LogP contribution in [0.4, 0.5) is 0 Å². The van der Waals surface area contributed by atoms with Crippen molar-refractivity contribution in [3.05, 3.63) is 12.7 Å². The molecule has 1 amide bonds. The molecule has 1 aliphatic carbocycles. The molecule has 92 valence electrons. The standard InChI is InChI=1S/C13H24N2O/c1-4-13(16)14-11-7-9-12(10-8-11)15(5-2)6-3/h4,11-12H,1,5-10H2,2-3H3,(H,14,16). The normalized spacial score (nSPS) is 25.4. The van der Waals surface area contributed by atoms with Crippen LogP contribution in [0.5, 0.6) is 0 Å². The summed E-state index contributed by atoms with van der Waals surface area (Å²) in [7, 11) is 0. The van der Waals surface area contributed by atoms with Crippen LogP contribution in [0.15, 0.2) is 12.7 Å². The Morgan fingerprint density at radius 2 is 1.88 bits per heavy atom. The highest BCUT2D eigenvalue weighted by Crippen LogP contribution is 2.22. The smallest absolute Gasteiger partial charge is 0.243 e. The highest BCUT2D eigenvalue weighted by molar-refractivity contribution is 5.87. The van der Waals surface area contributed by atoms with Gasteiger partial charge in [-0.15, -0.1) is 0 Å². The third-order valence-corrected chi connectivity index (χ3v) is 3.56. The van der Waals surface area contributed by atoms with Crippen molar-refractivity contribution in [2.24, 2.45) is 0 Å². The molecule has 1 saturated carbocycles. The van der Waals surface area contributed by atoms with Crippen molar-refractivity contribution >= 4 is 5.91 Å². The SMILES string of the molecule is C=CC(=O)NC1CCC(N(CC)CC)CC1. The zero-order valence-corrected chi connectivity index (χ0v) is 10.5. The molecular formula is C13H24N2O. The monoisotopic (exact) mass is 224 g/mol. The molecule has 0 aromatic rings. The van der Waals surface area contributed by atoms with Gasteiger partial charge in [-0.3, -0.25) is 4.79 Å². The van der Waals surface area contributed by atoms with Crippen molar-refractivity contribution in [2.75, 3.05) is 13.1 Å². The van der Waals surface area contributed by atoms with E-state index in [4.69, 9.17) is 0 Å². The maximum Gasteiger partial charge on any atom is 0.243 e. The lowest BCUT2D eigenvalue weighted by molar-refractivity contribution is -0.117. The molecule has 0 unspecified atom stereocenters. The van der Waals surface area contributed by atoms with Crippen molar-refractivity contribution < 1.29 is 4.79 Å². The van der Waals surface area contributed by atoms with Crippen molar-refractivity contribution in [3.63, 3.8) is 0 Å². The molecule has 1 N–H and O–H groups in total. The molecule has 0 saturated heterocycles. The summed E-state index contributed by atoms with van der Waals surface area (Å²) < 4.78 is 0. The van der Waals surface area contributed by atoms with Crippen molar-refractivity contribution in [3.8, 4) is 0 Å². The number of carbonyl (C=O) groups is 1. The van der Waals surface area contributed by atoms with Crippen LogP contribution in [0.2, 0.25) is 0 Å². The molecule has 16 heavy (non-hydrogen) atoms. The maximum absolute atomic E-state index is 11.2. The van der Waals surface area contributed by atoms with E-state index in [1.807, 2.05) is 0 Å². The first kappa shape index (κ1) is 13.2. The van der Waals surface area contributed by atoms with Gasteiger partial charge in [0.2, 0.25) is 5.91 Å². The molecule has 3 heteroatoms. The van der Waals surface area contributed by atoms with Crippen LogP contribution in [-0.4, -0.2) is 36.0 Å². The fourth-order valence-electron chi connectivity index (χ4n) is 2.59. The Bertz CT molecular complexity index is 228. The van der Waals surface area contributed by atoms with E-state index in [0.29, 0.717) is 12.1 Å². The average Bonchev–Trinajstić information content (AvgIpc) is 2.32. The van der Waals surface area contributed by atoms with Gasteiger partial charge in [-0.05, 0) is 44.8 Å². The Labute approximate surface area is 98.9 Å². The first-order valence-electron chi connectivity index (χ1n) is 6.38.